The van der Waals surface area contributed by atoms with Gasteiger partial charge in [0, 0.05) is 36.7 Å². The number of benzene rings is 2. The summed E-state index contributed by atoms with van der Waals surface area (Å²) in [7, 11) is 0. The Hall–Kier alpha value is -3.00. The molecular weight excluding hydrogens is 464 g/mol. The predicted octanol–water partition coefficient (Wildman–Crippen LogP) is 4.11. The van der Waals surface area contributed by atoms with Crippen molar-refractivity contribution >= 4 is 29.7 Å². The predicted molar refractivity (Wildman–Crippen MR) is 134 cm³/mol. The molecule has 0 radical (unpaired) electrons. The average molecular weight is 495 g/mol. The molecule has 184 valence electrons. The highest BCUT2D eigenvalue weighted by atomic mass is 32.2. The summed E-state index contributed by atoms with van der Waals surface area (Å²) in [6, 6.07) is 16.3. The third-order valence-corrected chi connectivity index (χ3v) is 8.51. The Balaban J connectivity index is 1.16. The van der Waals surface area contributed by atoms with Gasteiger partial charge in [-0.15, -0.1) is 11.8 Å². The lowest BCUT2D eigenvalue weighted by Crippen LogP contribution is -2.49. The van der Waals surface area contributed by atoms with E-state index in [-0.39, 0.29) is 36.9 Å². The molecule has 0 bridgehead atoms. The number of carboxylic acids is 1. The number of nitrogens with zero attached hydrogens (tertiary/aromatic N) is 1. The molecule has 2 fully saturated rings. The maximum Gasteiger partial charge on any atom is 0.407 e. The molecular formula is C27H30N2O5S. The number of nitrogens with one attached hydrogen (secondary N) is 1. The van der Waals surface area contributed by atoms with E-state index in [1.165, 1.54) is 34.0 Å². The van der Waals surface area contributed by atoms with Gasteiger partial charge >= 0.3 is 12.1 Å². The van der Waals surface area contributed by atoms with Gasteiger partial charge in [0.15, 0.2) is 0 Å². The van der Waals surface area contributed by atoms with Gasteiger partial charge in [0.2, 0.25) is 5.91 Å². The molecule has 3 unspecified atom stereocenters. The number of hydrogen-bond acceptors (Lipinski definition) is 5. The Labute approximate surface area is 209 Å². The van der Waals surface area contributed by atoms with Gasteiger partial charge < -0.3 is 20.1 Å². The van der Waals surface area contributed by atoms with Gasteiger partial charge in [-0.25, -0.2) is 4.79 Å². The van der Waals surface area contributed by atoms with Gasteiger partial charge in [-0.2, -0.15) is 0 Å². The molecule has 1 saturated heterocycles. The molecule has 0 aromatic heterocycles. The average Bonchev–Trinajstić information content (AvgIpc) is 3.21. The quantitative estimate of drug-likeness (QED) is 0.650. The fourth-order valence-corrected chi connectivity index (χ4v) is 6.65. The van der Waals surface area contributed by atoms with Crippen LogP contribution in [0.25, 0.3) is 11.1 Å². The number of alkyl carbamates (subject to hydrolysis) is 1. The highest BCUT2D eigenvalue weighted by Crippen LogP contribution is 2.44. The number of rotatable bonds is 5. The second-order valence-electron chi connectivity index (χ2n) is 9.51. The summed E-state index contributed by atoms with van der Waals surface area (Å²) in [5.41, 5.74) is 4.72. The van der Waals surface area contributed by atoms with Gasteiger partial charge in [0.1, 0.15) is 11.9 Å². The van der Waals surface area contributed by atoms with Crippen LogP contribution in [-0.2, 0) is 14.3 Å². The standard InChI is InChI=1S/C27H30N2O5S/c30-25(29-12-13-35-24(15-29)26(31)32)17-6-5-7-18(14-17)28-27(33)34-16-23-21-10-3-1-8-19(21)20-9-2-4-11-22(20)23/h1-4,8-11,17-18,23-24H,5-7,12-16H2,(H,28,33)(H,31,32). The van der Waals surface area contributed by atoms with Gasteiger partial charge in [-0.3, -0.25) is 9.59 Å². The Morgan fingerprint density at radius 1 is 1.03 bits per heavy atom. The Morgan fingerprint density at radius 2 is 1.71 bits per heavy atom. The van der Waals surface area contributed by atoms with Gasteiger partial charge in [-0.05, 0) is 41.5 Å². The second-order valence-corrected chi connectivity index (χ2v) is 10.8. The summed E-state index contributed by atoms with van der Waals surface area (Å²) in [6.45, 7) is 1.09. The molecule has 2 aromatic rings. The van der Waals surface area contributed by atoms with E-state index in [9.17, 15) is 19.5 Å². The van der Waals surface area contributed by atoms with E-state index in [0.29, 0.717) is 18.7 Å². The molecule has 8 heteroatoms. The van der Waals surface area contributed by atoms with E-state index in [1.807, 2.05) is 24.3 Å². The molecule has 5 rings (SSSR count). The first-order chi connectivity index (χ1) is 17.0. The fraction of sp³-hybridized carbons (Fsp3) is 0.444. The third kappa shape index (κ3) is 5.03. The molecule has 35 heavy (non-hydrogen) atoms. The number of fused-ring (bicyclic) bond motifs is 3. The van der Waals surface area contributed by atoms with Crippen molar-refractivity contribution in [3.05, 3.63) is 59.7 Å². The lowest BCUT2D eigenvalue weighted by Gasteiger charge is -2.36. The van der Waals surface area contributed by atoms with Gasteiger partial charge in [0.05, 0.1) is 0 Å². The molecule has 0 spiro atoms. The zero-order valence-corrected chi connectivity index (χ0v) is 20.3. The fourth-order valence-electron chi connectivity index (χ4n) is 5.61. The first-order valence-corrected chi connectivity index (χ1v) is 13.3. The van der Waals surface area contributed by atoms with Crippen LogP contribution >= 0.6 is 11.8 Å². The van der Waals surface area contributed by atoms with Crippen molar-refractivity contribution in [2.45, 2.75) is 42.9 Å². The molecule has 3 atom stereocenters. The summed E-state index contributed by atoms with van der Waals surface area (Å²) in [5, 5.41) is 11.7. The van der Waals surface area contributed by atoms with Crippen LogP contribution in [0.5, 0.6) is 0 Å². The van der Waals surface area contributed by atoms with Crippen LogP contribution in [0.15, 0.2) is 48.5 Å². The number of ether oxygens (including phenoxy) is 1. The minimum Gasteiger partial charge on any atom is -0.480 e. The van der Waals surface area contributed by atoms with Crippen LogP contribution in [0.2, 0.25) is 0 Å². The van der Waals surface area contributed by atoms with Crippen LogP contribution in [0.4, 0.5) is 4.79 Å². The van der Waals surface area contributed by atoms with Crippen molar-refractivity contribution in [1.82, 2.24) is 10.2 Å². The first kappa shape index (κ1) is 23.7. The third-order valence-electron chi connectivity index (χ3n) is 7.34. The topological polar surface area (TPSA) is 95.9 Å². The SMILES string of the molecule is O=C(NC1CCCC(C(=O)N2CCSC(C(=O)O)C2)C1)OCC1c2ccccc2-c2ccccc21. The summed E-state index contributed by atoms with van der Waals surface area (Å²) < 4.78 is 5.68. The number of carboxylic acid groups (broad SMARTS) is 1. The van der Waals surface area contributed by atoms with E-state index >= 15 is 0 Å². The molecule has 2 amide bonds. The molecule has 1 heterocycles. The molecule has 2 aromatic carbocycles. The number of hydrogen-bond donors (Lipinski definition) is 2. The van der Waals surface area contributed by atoms with Crippen LogP contribution in [0, 0.1) is 5.92 Å². The van der Waals surface area contributed by atoms with E-state index in [4.69, 9.17) is 4.74 Å². The monoisotopic (exact) mass is 494 g/mol. The molecule has 2 aliphatic carbocycles. The van der Waals surface area contributed by atoms with E-state index < -0.39 is 17.3 Å². The van der Waals surface area contributed by atoms with Crippen LogP contribution in [0.3, 0.4) is 0 Å². The molecule has 1 aliphatic heterocycles. The van der Waals surface area contributed by atoms with Crippen molar-refractivity contribution in [3.8, 4) is 11.1 Å². The second kappa shape index (κ2) is 10.3. The summed E-state index contributed by atoms with van der Waals surface area (Å²) in [6.07, 6.45) is 2.52. The molecule has 1 saturated carbocycles. The normalized spacial score (nSPS) is 23.8. The first-order valence-electron chi connectivity index (χ1n) is 12.3. The number of amides is 2. The van der Waals surface area contributed by atoms with Crippen LogP contribution in [0.1, 0.15) is 42.7 Å². The minimum atomic E-state index is -0.869. The number of carbonyl (C=O) groups excluding carboxylic acids is 2. The smallest absolute Gasteiger partial charge is 0.407 e. The van der Waals surface area contributed by atoms with Crippen molar-refractivity contribution in [2.24, 2.45) is 5.92 Å². The van der Waals surface area contributed by atoms with Gasteiger partial charge in [0.25, 0.3) is 0 Å². The van der Waals surface area contributed by atoms with Crippen molar-refractivity contribution in [3.63, 3.8) is 0 Å². The molecule has 3 aliphatic rings. The van der Waals surface area contributed by atoms with E-state index in [1.54, 1.807) is 4.90 Å². The zero-order chi connectivity index (χ0) is 24.4. The summed E-state index contributed by atoms with van der Waals surface area (Å²) in [5.74, 6) is -0.411. The molecule has 2 N–H and O–H groups in total. The lowest BCUT2D eigenvalue weighted by atomic mass is 9.84. The maximum atomic E-state index is 13.1. The molecule has 7 nitrogen and oxygen atoms in total. The largest absolute Gasteiger partial charge is 0.480 e. The van der Waals surface area contributed by atoms with E-state index in [2.05, 4.69) is 29.6 Å². The minimum absolute atomic E-state index is 0.00739. The zero-order valence-electron chi connectivity index (χ0n) is 19.5. The van der Waals surface area contributed by atoms with Crippen molar-refractivity contribution < 1.29 is 24.2 Å². The lowest BCUT2D eigenvalue weighted by molar-refractivity contribution is -0.140. The Bertz CT molecular complexity index is 1080. The number of carbonyl (C=O) groups is 3. The highest BCUT2D eigenvalue weighted by Gasteiger charge is 2.35. The maximum absolute atomic E-state index is 13.1. The Kier molecular flexibility index (Phi) is 7.00. The summed E-state index contributed by atoms with van der Waals surface area (Å²) in [4.78, 5) is 38.8. The van der Waals surface area contributed by atoms with Crippen molar-refractivity contribution in [2.75, 3.05) is 25.4 Å². The highest BCUT2D eigenvalue weighted by molar-refractivity contribution is 8.00. The van der Waals surface area contributed by atoms with Crippen LogP contribution in [-0.4, -0.2) is 64.7 Å². The summed E-state index contributed by atoms with van der Waals surface area (Å²) >= 11 is 1.39. The van der Waals surface area contributed by atoms with Crippen molar-refractivity contribution in [1.29, 1.82) is 0 Å². The number of aliphatic carboxylic acids is 1. The van der Waals surface area contributed by atoms with Gasteiger partial charge in [-0.1, -0.05) is 55.0 Å². The van der Waals surface area contributed by atoms with E-state index in [0.717, 1.165) is 19.3 Å². The number of thioether (sulfide) groups is 1. The Morgan fingerprint density at radius 3 is 2.40 bits per heavy atom. The van der Waals surface area contributed by atoms with Crippen LogP contribution < -0.4 is 5.32 Å².